The summed E-state index contributed by atoms with van der Waals surface area (Å²) in [7, 11) is 0. The maximum Gasteiger partial charge on any atom is 0.0588 e. The zero-order valence-corrected chi connectivity index (χ0v) is 11.4. The predicted octanol–water partition coefficient (Wildman–Crippen LogP) is 4.75. The van der Waals surface area contributed by atoms with Crippen molar-refractivity contribution in [2.75, 3.05) is 13.1 Å². The molecule has 0 unspecified atom stereocenters. The zero-order valence-electron chi connectivity index (χ0n) is 8.22. The molecule has 92 valence electrons. The van der Waals surface area contributed by atoms with Gasteiger partial charge in [-0.2, -0.15) is 0 Å². The first kappa shape index (κ1) is 18.2. The Balaban J connectivity index is 0. The van der Waals surface area contributed by atoms with Gasteiger partial charge in [-0.3, -0.25) is 9.98 Å². The van der Waals surface area contributed by atoms with Crippen LogP contribution in [0.5, 0.6) is 0 Å². The Hall–Kier alpha value is -0.220. The van der Waals surface area contributed by atoms with Crippen molar-refractivity contribution in [3.63, 3.8) is 0 Å². The van der Waals surface area contributed by atoms with Crippen LogP contribution in [0.15, 0.2) is 31.1 Å². The van der Waals surface area contributed by atoms with Gasteiger partial charge in [-0.25, -0.2) is 0 Å². The second-order valence-electron chi connectivity index (χ2n) is 2.96. The molecule has 0 bridgehead atoms. The van der Waals surface area contributed by atoms with E-state index >= 15 is 0 Å². The van der Waals surface area contributed by atoms with Gasteiger partial charge < -0.3 is 0 Å². The number of hydrogen-bond acceptors (Lipinski definition) is 2. The lowest BCUT2D eigenvalue weighted by molar-refractivity contribution is 1.28. The fourth-order valence-corrected chi connectivity index (χ4v) is 1.51. The van der Waals surface area contributed by atoms with Crippen LogP contribution in [-0.2, 0) is 0 Å². The molecule has 0 saturated heterocycles. The molecule has 0 aliphatic carbocycles. The first-order valence-corrected chi connectivity index (χ1v) is 5.94. The normalized spacial score (nSPS) is 16.8. The lowest BCUT2D eigenvalue weighted by Crippen LogP contribution is -1.81. The van der Waals surface area contributed by atoms with Gasteiger partial charge in [0.25, 0.3) is 0 Å². The fraction of sp³-hybridized carbons (Fsp3) is 0.500. The van der Waals surface area contributed by atoms with Crippen LogP contribution in [0, 0.1) is 0 Å². The summed E-state index contributed by atoms with van der Waals surface area (Å²) in [5, 5.41) is 0. The topological polar surface area (TPSA) is 24.7 Å². The van der Waals surface area contributed by atoms with E-state index in [1.165, 1.54) is 0 Å². The Morgan fingerprint density at radius 3 is 1.25 bits per heavy atom. The third kappa shape index (κ3) is 5.75. The number of nitrogens with zero attached hydrogens (tertiary/aromatic N) is 2. The monoisotopic (exact) mass is 350 g/mol. The van der Waals surface area contributed by atoms with Gasteiger partial charge >= 0.3 is 0 Å². The molecular formula is C12H20Br2N2. The predicted molar refractivity (Wildman–Crippen MR) is 83.4 cm³/mol. The standard InChI is InChI=1S/2C5H6BrN.2CH4/c2*1-4-5(6)2-3-7-4;;/h2*2H,3H2,1H3;2*1H4. The van der Waals surface area contributed by atoms with Crippen molar-refractivity contribution < 1.29 is 0 Å². The van der Waals surface area contributed by atoms with E-state index < -0.39 is 0 Å². The Morgan fingerprint density at radius 1 is 0.875 bits per heavy atom. The highest BCUT2D eigenvalue weighted by atomic mass is 79.9. The highest BCUT2D eigenvalue weighted by Crippen LogP contribution is 2.12. The van der Waals surface area contributed by atoms with Gasteiger partial charge in [0.1, 0.15) is 0 Å². The van der Waals surface area contributed by atoms with Crippen LogP contribution < -0.4 is 0 Å². The molecule has 4 heteroatoms. The van der Waals surface area contributed by atoms with Crippen LogP contribution in [0.4, 0.5) is 0 Å². The molecule has 0 spiro atoms. The average molecular weight is 352 g/mol. The minimum atomic E-state index is 0. The highest BCUT2D eigenvalue weighted by molar-refractivity contribution is 9.12. The summed E-state index contributed by atoms with van der Waals surface area (Å²) in [6.45, 7) is 5.69. The van der Waals surface area contributed by atoms with Crippen LogP contribution in [0.1, 0.15) is 28.7 Å². The molecule has 2 nitrogen and oxygen atoms in total. The Morgan fingerprint density at radius 2 is 1.19 bits per heavy atom. The molecule has 0 aromatic rings. The van der Waals surface area contributed by atoms with E-state index in [1.807, 2.05) is 13.8 Å². The molecule has 2 rings (SSSR count). The zero-order chi connectivity index (χ0) is 10.6. The van der Waals surface area contributed by atoms with Gasteiger partial charge in [0.2, 0.25) is 0 Å². The molecule has 2 aliphatic heterocycles. The summed E-state index contributed by atoms with van der Waals surface area (Å²) in [4.78, 5) is 8.19. The number of allylic oxidation sites excluding steroid dienone is 2. The van der Waals surface area contributed by atoms with Crippen LogP contribution in [0.2, 0.25) is 0 Å². The van der Waals surface area contributed by atoms with E-state index in [-0.39, 0.29) is 14.9 Å². The molecule has 2 aliphatic rings. The Bertz CT molecular complexity index is 273. The van der Waals surface area contributed by atoms with Crippen LogP contribution >= 0.6 is 31.9 Å². The third-order valence-corrected chi connectivity index (χ3v) is 3.68. The molecule has 0 aromatic carbocycles. The van der Waals surface area contributed by atoms with Crippen LogP contribution in [0.25, 0.3) is 0 Å². The first-order chi connectivity index (χ1) is 6.61. The van der Waals surface area contributed by atoms with Crippen molar-refractivity contribution in [1.29, 1.82) is 0 Å². The summed E-state index contributed by atoms with van der Waals surface area (Å²) >= 11 is 6.67. The van der Waals surface area contributed by atoms with E-state index in [0.29, 0.717) is 0 Å². The molecule has 0 N–H and O–H groups in total. The number of hydrogen-bond donors (Lipinski definition) is 0. The van der Waals surface area contributed by atoms with Gasteiger partial charge in [0, 0.05) is 20.4 Å². The quantitative estimate of drug-likeness (QED) is 0.601. The number of aliphatic imine (C=N–C) groups is 2. The van der Waals surface area contributed by atoms with Gasteiger partial charge in [-0.05, 0) is 57.9 Å². The third-order valence-electron chi connectivity index (χ3n) is 1.89. The molecule has 2 heterocycles. The van der Waals surface area contributed by atoms with E-state index in [2.05, 4.69) is 54.0 Å². The number of rotatable bonds is 0. The van der Waals surface area contributed by atoms with E-state index in [1.54, 1.807) is 0 Å². The SMILES string of the molecule is C.C.CC1=NCC=C1Br.CC1=NCC=C1Br. The Kier molecular flexibility index (Phi) is 10.1. The van der Waals surface area contributed by atoms with Crippen molar-refractivity contribution in [2.45, 2.75) is 28.7 Å². The summed E-state index contributed by atoms with van der Waals surface area (Å²) in [6.07, 6.45) is 4.10. The van der Waals surface area contributed by atoms with Crippen molar-refractivity contribution >= 4 is 43.3 Å². The summed E-state index contributed by atoms with van der Waals surface area (Å²) in [6, 6.07) is 0. The fourth-order valence-electron chi connectivity index (χ4n) is 0.972. The van der Waals surface area contributed by atoms with Gasteiger partial charge in [0.05, 0.1) is 13.1 Å². The minimum absolute atomic E-state index is 0. The second-order valence-corrected chi connectivity index (χ2v) is 4.66. The smallest absolute Gasteiger partial charge is 0.0588 e. The lowest BCUT2D eigenvalue weighted by atomic mass is 10.4. The lowest BCUT2D eigenvalue weighted by Gasteiger charge is -1.82. The van der Waals surface area contributed by atoms with E-state index in [9.17, 15) is 0 Å². The molecule has 0 aromatic heterocycles. The largest absolute Gasteiger partial charge is 0.285 e. The first-order valence-electron chi connectivity index (χ1n) is 4.35. The summed E-state index contributed by atoms with van der Waals surface area (Å²) in [5.74, 6) is 0. The van der Waals surface area contributed by atoms with Gasteiger partial charge in [-0.15, -0.1) is 0 Å². The average Bonchev–Trinajstić information content (AvgIpc) is 2.67. The van der Waals surface area contributed by atoms with Gasteiger partial charge in [-0.1, -0.05) is 14.9 Å². The maximum atomic E-state index is 4.09. The summed E-state index contributed by atoms with van der Waals surface area (Å²) < 4.78 is 2.29. The minimum Gasteiger partial charge on any atom is -0.285 e. The van der Waals surface area contributed by atoms with Gasteiger partial charge in [0.15, 0.2) is 0 Å². The van der Waals surface area contributed by atoms with Crippen molar-refractivity contribution in [3.05, 3.63) is 21.1 Å². The van der Waals surface area contributed by atoms with Crippen molar-refractivity contribution in [3.8, 4) is 0 Å². The maximum absolute atomic E-state index is 4.09. The van der Waals surface area contributed by atoms with Crippen LogP contribution in [0.3, 0.4) is 0 Å². The molecule has 0 radical (unpaired) electrons. The molecule has 0 atom stereocenters. The molecule has 0 fully saturated rings. The van der Waals surface area contributed by atoms with E-state index in [4.69, 9.17) is 0 Å². The van der Waals surface area contributed by atoms with E-state index in [0.717, 1.165) is 33.5 Å². The van der Waals surface area contributed by atoms with Crippen molar-refractivity contribution in [2.24, 2.45) is 9.98 Å². The Labute approximate surface area is 116 Å². The summed E-state index contributed by atoms with van der Waals surface area (Å²) in [5.41, 5.74) is 2.22. The van der Waals surface area contributed by atoms with Crippen LogP contribution in [-0.4, -0.2) is 24.5 Å². The molecule has 16 heavy (non-hydrogen) atoms. The van der Waals surface area contributed by atoms with Crippen molar-refractivity contribution in [1.82, 2.24) is 0 Å². The number of halogens is 2. The highest BCUT2D eigenvalue weighted by Gasteiger charge is 2.00. The molecular weight excluding hydrogens is 332 g/mol. The second kappa shape index (κ2) is 8.88. The molecule has 0 saturated carbocycles. The molecule has 0 amide bonds.